The number of rotatable bonds is 5. The molecule has 1 aliphatic rings. The van der Waals surface area contributed by atoms with E-state index in [4.69, 9.17) is 5.11 Å². The summed E-state index contributed by atoms with van der Waals surface area (Å²) < 4.78 is 22.6. The van der Waals surface area contributed by atoms with Gasteiger partial charge in [-0.1, -0.05) is 26.2 Å². The van der Waals surface area contributed by atoms with E-state index in [0.29, 0.717) is 6.42 Å². The van der Waals surface area contributed by atoms with E-state index < -0.39 is 21.2 Å². The zero-order valence-corrected chi connectivity index (χ0v) is 9.85. The highest BCUT2D eigenvalue weighted by atomic mass is 32.2. The Hall–Kier alpha value is -0.580. The highest BCUT2D eigenvalue weighted by Gasteiger charge is 2.47. The van der Waals surface area contributed by atoms with Crippen molar-refractivity contribution >= 4 is 15.8 Å². The second-order valence-corrected chi connectivity index (χ2v) is 6.57. The molecule has 1 heterocycles. The molecule has 1 rings (SSSR count). The summed E-state index contributed by atoms with van der Waals surface area (Å²) in [5.74, 6) is -1.08. The third kappa shape index (κ3) is 2.93. The van der Waals surface area contributed by atoms with Crippen molar-refractivity contribution in [1.29, 1.82) is 0 Å². The van der Waals surface area contributed by atoms with Gasteiger partial charge in [-0.25, -0.2) is 8.42 Å². The first-order valence-electron chi connectivity index (χ1n) is 5.36. The molecule has 0 saturated carbocycles. The molecule has 0 aromatic heterocycles. The monoisotopic (exact) mass is 234 g/mol. The fourth-order valence-electron chi connectivity index (χ4n) is 2.10. The summed E-state index contributed by atoms with van der Waals surface area (Å²) in [6.45, 7) is 2.04. The topological polar surface area (TPSA) is 71.4 Å². The van der Waals surface area contributed by atoms with Crippen LogP contribution in [0, 0.1) is 5.41 Å². The molecule has 5 heteroatoms. The van der Waals surface area contributed by atoms with Gasteiger partial charge in [0.2, 0.25) is 0 Å². The van der Waals surface area contributed by atoms with E-state index in [1.165, 1.54) is 0 Å². The van der Waals surface area contributed by atoms with Crippen LogP contribution in [-0.4, -0.2) is 31.0 Å². The van der Waals surface area contributed by atoms with Crippen molar-refractivity contribution in [3.63, 3.8) is 0 Å². The molecule has 88 valence electrons. The summed E-state index contributed by atoms with van der Waals surface area (Å²) in [6.07, 6.45) is 3.57. The van der Waals surface area contributed by atoms with E-state index in [0.717, 1.165) is 19.3 Å². The molecule has 4 nitrogen and oxygen atoms in total. The molecule has 0 radical (unpaired) electrons. The van der Waals surface area contributed by atoms with Gasteiger partial charge in [-0.2, -0.15) is 0 Å². The molecule has 1 saturated heterocycles. The number of hydrogen-bond acceptors (Lipinski definition) is 3. The standard InChI is InChI=1S/C10H18O4S/c1-2-3-4-5-10(9(11)12)6-7-15(13,14)8-10/h2-8H2,1H3,(H,11,12). The van der Waals surface area contributed by atoms with Gasteiger partial charge in [-0.15, -0.1) is 0 Å². The van der Waals surface area contributed by atoms with Crippen LogP contribution in [-0.2, 0) is 14.6 Å². The van der Waals surface area contributed by atoms with Crippen LogP contribution in [0.5, 0.6) is 0 Å². The summed E-state index contributed by atoms with van der Waals surface area (Å²) >= 11 is 0. The Labute approximate surface area is 90.6 Å². The lowest BCUT2D eigenvalue weighted by Crippen LogP contribution is -2.32. The van der Waals surface area contributed by atoms with E-state index >= 15 is 0 Å². The molecule has 1 fully saturated rings. The summed E-state index contributed by atoms with van der Waals surface area (Å²) in [4.78, 5) is 11.1. The van der Waals surface area contributed by atoms with E-state index in [2.05, 4.69) is 0 Å². The fraction of sp³-hybridized carbons (Fsp3) is 0.900. The van der Waals surface area contributed by atoms with Gasteiger partial charge in [0.15, 0.2) is 9.84 Å². The van der Waals surface area contributed by atoms with Crippen LogP contribution in [0.15, 0.2) is 0 Å². The molecule has 0 aliphatic carbocycles. The third-order valence-corrected chi connectivity index (χ3v) is 4.92. The molecule has 15 heavy (non-hydrogen) atoms. The number of carbonyl (C=O) groups is 1. The zero-order chi connectivity index (χ0) is 11.5. The highest BCUT2D eigenvalue weighted by Crippen LogP contribution is 2.37. The van der Waals surface area contributed by atoms with E-state index in [1.807, 2.05) is 6.92 Å². The van der Waals surface area contributed by atoms with Crippen LogP contribution in [0.3, 0.4) is 0 Å². The van der Waals surface area contributed by atoms with Crippen LogP contribution in [0.4, 0.5) is 0 Å². The zero-order valence-electron chi connectivity index (χ0n) is 9.03. The quantitative estimate of drug-likeness (QED) is 0.731. The first-order valence-corrected chi connectivity index (χ1v) is 7.18. The number of carboxylic acid groups (broad SMARTS) is 1. The van der Waals surface area contributed by atoms with Crippen molar-refractivity contribution in [2.75, 3.05) is 11.5 Å². The number of carboxylic acids is 1. The van der Waals surface area contributed by atoms with Crippen LogP contribution in [0.25, 0.3) is 0 Å². The first kappa shape index (κ1) is 12.5. The van der Waals surface area contributed by atoms with Gasteiger partial charge in [0.25, 0.3) is 0 Å². The Kier molecular flexibility index (Phi) is 3.76. The van der Waals surface area contributed by atoms with Crippen molar-refractivity contribution in [2.24, 2.45) is 5.41 Å². The summed E-state index contributed by atoms with van der Waals surface area (Å²) in [7, 11) is -3.12. The smallest absolute Gasteiger partial charge is 0.310 e. The minimum Gasteiger partial charge on any atom is -0.481 e. The minimum absolute atomic E-state index is 0.0332. The summed E-state index contributed by atoms with van der Waals surface area (Å²) in [6, 6.07) is 0. The van der Waals surface area contributed by atoms with E-state index in [-0.39, 0.29) is 17.9 Å². The third-order valence-electron chi connectivity index (χ3n) is 3.10. The second kappa shape index (κ2) is 4.51. The van der Waals surface area contributed by atoms with Crippen molar-refractivity contribution in [1.82, 2.24) is 0 Å². The van der Waals surface area contributed by atoms with Crippen molar-refractivity contribution < 1.29 is 18.3 Å². The normalized spacial score (nSPS) is 29.1. The summed E-state index contributed by atoms with van der Waals surface area (Å²) in [5.41, 5.74) is -0.992. The molecule has 1 unspecified atom stereocenters. The molecule has 1 aliphatic heterocycles. The van der Waals surface area contributed by atoms with Crippen LogP contribution in [0.2, 0.25) is 0 Å². The molecule has 0 aromatic carbocycles. The average Bonchev–Trinajstić information content (AvgIpc) is 2.44. The Morgan fingerprint density at radius 3 is 2.47 bits per heavy atom. The lowest BCUT2D eigenvalue weighted by Gasteiger charge is -2.21. The Balaban J connectivity index is 2.70. The molecule has 0 bridgehead atoms. The predicted molar refractivity (Wildman–Crippen MR) is 57.5 cm³/mol. The highest BCUT2D eigenvalue weighted by molar-refractivity contribution is 7.91. The van der Waals surface area contributed by atoms with E-state index in [1.54, 1.807) is 0 Å². The number of sulfone groups is 1. The Morgan fingerprint density at radius 2 is 2.07 bits per heavy atom. The number of unbranched alkanes of at least 4 members (excludes halogenated alkanes) is 2. The van der Waals surface area contributed by atoms with Crippen LogP contribution in [0.1, 0.15) is 39.0 Å². The van der Waals surface area contributed by atoms with Crippen molar-refractivity contribution in [3.05, 3.63) is 0 Å². The van der Waals surface area contributed by atoms with Crippen LogP contribution >= 0.6 is 0 Å². The molecule has 0 aromatic rings. The molecular weight excluding hydrogens is 216 g/mol. The van der Waals surface area contributed by atoms with Gasteiger partial charge >= 0.3 is 5.97 Å². The summed E-state index contributed by atoms with van der Waals surface area (Å²) in [5, 5.41) is 9.13. The molecule has 1 atom stereocenters. The maximum atomic E-state index is 11.3. The molecule has 0 amide bonds. The number of hydrogen-bond donors (Lipinski definition) is 1. The Morgan fingerprint density at radius 1 is 1.40 bits per heavy atom. The van der Waals surface area contributed by atoms with Gasteiger partial charge < -0.3 is 5.11 Å². The SMILES string of the molecule is CCCCCC1(C(=O)O)CCS(=O)(=O)C1. The van der Waals surface area contributed by atoms with Gasteiger partial charge in [0.1, 0.15) is 0 Å². The average molecular weight is 234 g/mol. The second-order valence-electron chi connectivity index (χ2n) is 4.38. The predicted octanol–water partition coefficient (Wildman–Crippen LogP) is 1.46. The molecule has 0 spiro atoms. The largest absolute Gasteiger partial charge is 0.481 e. The van der Waals surface area contributed by atoms with Gasteiger partial charge in [-0.3, -0.25) is 4.79 Å². The molecule has 1 N–H and O–H groups in total. The lowest BCUT2D eigenvalue weighted by molar-refractivity contribution is -0.147. The van der Waals surface area contributed by atoms with E-state index in [9.17, 15) is 13.2 Å². The van der Waals surface area contributed by atoms with Crippen LogP contribution < -0.4 is 0 Å². The van der Waals surface area contributed by atoms with Crippen molar-refractivity contribution in [2.45, 2.75) is 39.0 Å². The Bertz CT molecular complexity index is 333. The number of aliphatic carboxylic acids is 1. The van der Waals surface area contributed by atoms with Gasteiger partial charge in [0.05, 0.1) is 16.9 Å². The van der Waals surface area contributed by atoms with Gasteiger partial charge in [-0.05, 0) is 12.8 Å². The fourth-order valence-corrected chi connectivity index (χ4v) is 4.20. The minimum atomic E-state index is -3.12. The lowest BCUT2D eigenvalue weighted by atomic mass is 9.82. The molecular formula is C10H18O4S. The maximum Gasteiger partial charge on any atom is 0.310 e. The maximum absolute atomic E-state index is 11.3. The first-order chi connectivity index (χ1) is 6.92. The van der Waals surface area contributed by atoms with Crippen molar-refractivity contribution in [3.8, 4) is 0 Å². The van der Waals surface area contributed by atoms with Gasteiger partial charge in [0, 0.05) is 0 Å².